The van der Waals surface area contributed by atoms with E-state index in [-0.39, 0.29) is 5.56 Å². The monoisotopic (exact) mass is 268 g/mol. The van der Waals surface area contributed by atoms with Crippen molar-refractivity contribution < 1.29 is 13.9 Å². The molecule has 0 saturated carbocycles. The highest BCUT2D eigenvalue weighted by molar-refractivity contribution is 6.31. The second-order valence-electron chi connectivity index (χ2n) is 4.00. The van der Waals surface area contributed by atoms with Gasteiger partial charge in [0.2, 0.25) is 0 Å². The van der Waals surface area contributed by atoms with Gasteiger partial charge in [-0.25, -0.2) is 8.78 Å². The molecule has 94 valence electrons. The third kappa shape index (κ3) is 2.24. The van der Waals surface area contributed by atoms with Crippen LogP contribution in [0.25, 0.3) is 0 Å². The van der Waals surface area contributed by atoms with Crippen molar-refractivity contribution in [2.45, 2.75) is 13.0 Å². The molecule has 2 rings (SSSR count). The van der Waals surface area contributed by atoms with Gasteiger partial charge in [-0.3, -0.25) is 0 Å². The summed E-state index contributed by atoms with van der Waals surface area (Å²) in [4.78, 5) is 0. The molecule has 0 saturated heterocycles. The highest BCUT2D eigenvalue weighted by atomic mass is 35.5. The lowest BCUT2D eigenvalue weighted by atomic mass is 9.97. The molecule has 2 aromatic rings. The van der Waals surface area contributed by atoms with Crippen LogP contribution in [0, 0.1) is 18.6 Å². The molecule has 0 radical (unpaired) electrons. The molecule has 0 aromatic heterocycles. The van der Waals surface area contributed by atoms with Crippen LogP contribution in [0.1, 0.15) is 22.8 Å². The van der Waals surface area contributed by atoms with Crippen molar-refractivity contribution in [2.75, 3.05) is 0 Å². The van der Waals surface area contributed by atoms with Crippen LogP contribution in [0.4, 0.5) is 8.78 Å². The van der Waals surface area contributed by atoms with Gasteiger partial charge < -0.3 is 5.11 Å². The van der Waals surface area contributed by atoms with Crippen molar-refractivity contribution >= 4 is 11.6 Å². The van der Waals surface area contributed by atoms with E-state index in [4.69, 9.17) is 11.6 Å². The van der Waals surface area contributed by atoms with Gasteiger partial charge in [-0.05, 0) is 30.2 Å². The average molecular weight is 269 g/mol. The maximum atomic E-state index is 13.6. The van der Waals surface area contributed by atoms with Crippen LogP contribution in [0.15, 0.2) is 36.4 Å². The number of rotatable bonds is 2. The first-order valence-corrected chi connectivity index (χ1v) is 5.77. The SMILES string of the molecule is Cc1c(Cl)cccc1C(O)c1cccc(F)c1F. The van der Waals surface area contributed by atoms with Crippen molar-refractivity contribution in [1.29, 1.82) is 0 Å². The molecule has 0 bridgehead atoms. The van der Waals surface area contributed by atoms with Gasteiger partial charge in [0.25, 0.3) is 0 Å². The fourth-order valence-corrected chi connectivity index (χ4v) is 2.00. The van der Waals surface area contributed by atoms with Gasteiger partial charge >= 0.3 is 0 Å². The van der Waals surface area contributed by atoms with Crippen molar-refractivity contribution in [2.24, 2.45) is 0 Å². The van der Waals surface area contributed by atoms with E-state index in [1.54, 1.807) is 25.1 Å². The summed E-state index contributed by atoms with van der Waals surface area (Å²) in [5.41, 5.74) is 1.02. The molecule has 0 fully saturated rings. The van der Waals surface area contributed by atoms with Crippen LogP contribution in [0.3, 0.4) is 0 Å². The molecular formula is C14H11ClF2O. The van der Waals surface area contributed by atoms with Gasteiger partial charge in [-0.15, -0.1) is 0 Å². The van der Waals surface area contributed by atoms with Crippen LogP contribution in [0.5, 0.6) is 0 Å². The Kier molecular flexibility index (Phi) is 3.64. The largest absolute Gasteiger partial charge is 0.384 e. The van der Waals surface area contributed by atoms with E-state index >= 15 is 0 Å². The molecule has 0 spiro atoms. The van der Waals surface area contributed by atoms with Gasteiger partial charge in [0, 0.05) is 10.6 Å². The Morgan fingerprint density at radius 1 is 1.06 bits per heavy atom. The third-order valence-corrected chi connectivity index (χ3v) is 3.29. The van der Waals surface area contributed by atoms with Crippen molar-refractivity contribution in [3.63, 3.8) is 0 Å². The smallest absolute Gasteiger partial charge is 0.164 e. The zero-order chi connectivity index (χ0) is 13.3. The summed E-state index contributed by atoms with van der Waals surface area (Å²) >= 11 is 5.94. The lowest BCUT2D eigenvalue weighted by Gasteiger charge is -2.15. The van der Waals surface area contributed by atoms with E-state index < -0.39 is 17.7 Å². The second-order valence-corrected chi connectivity index (χ2v) is 4.41. The minimum absolute atomic E-state index is 0.0969. The molecule has 4 heteroatoms. The molecule has 0 aliphatic rings. The maximum Gasteiger partial charge on any atom is 0.164 e. The molecule has 18 heavy (non-hydrogen) atoms. The minimum Gasteiger partial charge on any atom is -0.384 e. The Morgan fingerprint density at radius 3 is 2.39 bits per heavy atom. The Bertz CT molecular complexity index is 533. The highest BCUT2D eigenvalue weighted by Gasteiger charge is 2.19. The molecule has 0 aliphatic carbocycles. The summed E-state index contributed by atoms with van der Waals surface area (Å²) < 4.78 is 26.7. The molecule has 2 aromatic carbocycles. The van der Waals surface area contributed by atoms with Gasteiger partial charge in [-0.1, -0.05) is 35.9 Å². The number of aliphatic hydroxyl groups excluding tert-OH is 1. The Morgan fingerprint density at radius 2 is 1.67 bits per heavy atom. The summed E-state index contributed by atoms with van der Waals surface area (Å²) in [5, 5.41) is 10.6. The first-order chi connectivity index (χ1) is 8.52. The molecular weight excluding hydrogens is 258 g/mol. The van der Waals surface area contributed by atoms with Gasteiger partial charge in [0.15, 0.2) is 11.6 Å². The summed E-state index contributed by atoms with van der Waals surface area (Å²) in [7, 11) is 0. The van der Waals surface area contributed by atoms with Crippen LogP contribution < -0.4 is 0 Å². The standard InChI is InChI=1S/C14H11ClF2O/c1-8-9(4-2-6-11(8)15)14(18)10-5-3-7-12(16)13(10)17/h2-7,14,18H,1H3. The number of hydrogen-bond donors (Lipinski definition) is 1. The van der Waals surface area contributed by atoms with Gasteiger partial charge in [0.1, 0.15) is 6.10 Å². The number of aliphatic hydroxyl groups is 1. The summed E-state index contributed by atoms with van der Waals surface area (Å²) in [6.45, 7) is 1.72. The first kappa shape index (κ1) is 13.0. The number of halogens is 3. The highest BCUT2D eigenvalue weighted by Crippen LogP contribution is 2.30. The lowest BCUT2D eigenvalue weighted by Crippen LogP contribution is -2.06. The first-order valence-electron chi connectivity index (χ1n) is 5.39. The second kappa shape index (κ2) is 5.04. The van der Waals surface area contributed by atoms with E-state index in [0.29, 0.717) is 16.1 Å². The predicted molar refractivity (Wildman–Crippen MR) is 66.6 cm³/mol. The Balaban J connectivity index is 2.51. The van der Waals surface area contributed by atoms with Crippen LogP contribution >= 0.6 is 11.6 Å². The normalized spacial score (nSPS) is 12.5. The van der Waals surface area contributed by atoms with E-state index in [1.165, 1.54) is 12.1 Å². The Labute approximate surface area is 109 Å². The molecule has 0 amide bonds. The molecule has 0 heterocycles. The molecule has 1 atom stereocenters. The third-order valence-electron chi connectivity index (χ3n) is 2.88. The zero-order valence-corrected chi connectivity index (χ0v) is 10.4. The van der Waals surface area contributed by atoms with E-state index in [0.717, 1.165) is 6.07 Å². The predicted octanol–water partition coefficient (Wildman–Crippen LogP) is 4.01. The number of benzene rings is 2. The van der Waals surface area contributed by atoms with Crippen LogP contribution in [-0.4, -0.2) is 5.11 Å². The molecule has 1 unspecified atom stereocenters. The van der Waals surface area contributed by atoms with Crippen LogP contribution in [0.2, 0.25) is 5.02 Å². The quantitative estimate of drug-likeness (QED) is 0.873. The fourth-order valence-electron chi connectivity index (χ4n) is 1.82. The fraction of sp³-hybridized carbons (Fsp3) is 0.143. The summed E-state index contributed by atoms with van der Waals surface area (Å²) in [6.07, 6.45) is -1.24. The van der Waals surface area contributed by atoms with Crippen molar-refractivity contribution in [1.82, 2.24) is 0 Å². The molecule has 1 N–H and O–H groups in total. The van der Waals surface area contributed by atoms with Crippen molar-refractivity contribution in [3.8, 4) is 0 Å². The lowest BCUT2D eigenvalue weighted by molar-refractivity contribution is 0.212. The van der Waals surface area contributed by atoms with E-state index in [9.17, 15) is 13.9 Å². The summed E-state index contributed by atoms with van der Waals surface area (Å²) in [6, 6.07) is 8.69. The van der Waals surface area contributed by atoms with Gasteiger partial charge in [0.05, 0.1) is 0 Å². The molecule has 1 nitrogen and oxygen atoms in total. The Hall–Kier alpha value is -1.45. The van der Waals surface area contributed by atoms with Crippen molar-refractivity contribution in [3.05, 3.63) is 69.7 Å². The maximum absolute atomic E-state index is 13.6. The summed E-state index contributed by atoms with van der Waals surface area (Å²) in [5.74, 6) is -2.02. The zero-order valence-electron chi connectivity index (χ0n) is 9.62. The molecule has 0 aliphatic heterocycles. The van der Waals surface area contributed by atoms with Crippen LogP contribution in [-0.2, 0) is 0 Å². The van der Waals surface area contributed by atoms with E-state index in [2.05, 4.69) is 0 Å². The van der Waals surface area contributed by atoms with E-state index in [1.807, 2.05) is 0 Å². The average Bonchev–Trinajstić information content (AvgIpc) is 2.35. The number of hydrogen-bond acceptors (Lipinski definition) is 1. The van der Waals surface area contributed by atoms with Gasteiger partial charge in [-0.2, -0.15) is 0 Å². The topological polar surface area (TPSA) is 20.2 Å². The minimum atomic E-state index is -1.24.